The van der Waals surface area contributed by atoms with Gasteiger partial charge in [0, 0.05) is 36.9 Å². The fourth-order valence-corrected chi connectivity index (χ4v) is 2.49. The molecule has 0 radical (unpaired) electrons. The van der Waals surface area contributed by atoms with Crippen LogP contribution in [0.5, 0.6) is 0 Å². The summed E-state index contributed by atoms with van der Waals surface area (Å²) in [6.45, 7) is 5.16. The van der Waals surface area contributed by atoms with Gasteiger partial charge in [-0.05, 0) is 38.0 Å². The number of benzene rings is 1. The van der Waals surface area contributed by atoms with Crippen LogP contribution in [0.3, 0.4) is 0 Å². The summed E-state index contributed by atoms with van der Waals surface area (Å²) in [6.07, 6.45) is 0.245. The van der Waals surface area contributed by atoms with E-state index in [-0.39, 0.29) is 18.3 Å². The Kier molecular flexibility index (Phi) is 3.88. The zero-order valence-electron chi connectivity index (χ0n) is 10.9. The Labute approximate surface area is 107 Å². The molecule has 0 aliphatic carbocycles. The zero-order chi connectivity index (χ0) is 13.3. The SMILES string of the molecule is Cc1cc(N2CCC(CO)C2)c([C@@H](C)O)cc1F. The first kappa shape index (κ1) is 13.3. The van der Waals surface area contributed by atoms with E-state index in [0.29, 0.717) is 11.1 Å². The van der Waals surface area contributed by atoms with E-state index in [1.807, 2.05) is 0 Å². The van der Waals surface area contributed by atoms with Crippen molar-refractivity contribution in [2.75, 3.05) is 24.6 Å². The molecule has 18 heavy (non-hydrogen) atoms. The standard InChI is InChI=1S/C14H20FNO2/c1-9-5-14(12(10(2)18)6-13(9)15)16-4-3-11(7-16)8-17/h5-6,10-11,17-18H,3-4,7-8H2,1-2H3/t10-,11?/m1/s1. The summed E-state index contributed by atoms with van der Waals surface area (Å²) in [5, 5.41) is 18.9. The lowest BCUT2D eigenvalue weighted by atomic mass is 10.0. The summed E-state index contributed by atoms with van der Waals surface area (Å²) in [7, 11) is 0. The van der Waals surface area contributed by atoms with Gasteiger partial charge in [-0.3, -0.25) is 0 Å². The number of anilines is 1. The van der Waals surface area contributed by atoms with Crippen LogP contribution in [0, 0.1) is 18.7 Å². The minimum atomic E-state index is -0.691. The smallest absolute Gasteiger partial charge is 0.126 e. The summed E-state index contributed by atoms with van der Waals surface area (Å²) in [4.78, 5) is 2.12. The van der Waals surface area contributed by atoms with Gasteiger partial charge in [-0.25, -0.2) is 4.39 Å². The van der Waals surface area contributed by atoms with Gasteiger partial charge in [0.15, 0.2) is 0 Å². The molecule has 100 valence electrons. The number of aliphatic hydroxyl groups is 2. The van der Waals surface area contributed by atoms with Crippen molar-refractivity contribution in [3.8, 4) is 0 Å². The van der Waals surface area contributed by atoms with Crippen molar-refractivity contribution >= 4 is 5.69 Å². The average molecular weight is 253 g/mol. The first-order valence-electron chi connectivity index (χ1n) is 6.36. The fourth-order valence-electron chi connectivity index (χ4n) is 2.49. The third kappa shape index (κ3) is 2.49. The summed E-state index contributed by atoms with van der Waals surface area (Å²) >= 11 is 0. The molecule has 2 atom stereocenters. The maximum Gasteiger partial charge on any atom is 0.126 e. The third-order valence-corrected chi connectivity index (χ3v) is 3.64. The number of nitrogens with zero attached hydrogens (tertiary/aromatic N) is 1. The molecule has 1 aliphatic heterocycles. The molecule has 1 aromatic rings. The van der Waals surface area contributed by atoms with Crippen molar-refractivity contribution in [2.24, 2.45) is 5.92 Å². The first-order chi connectivity index (χ1) is 8.52. The van der Waals surface area contributed by atoms with Gasteiger partial charge in [0.2, 0.25) is 0 Å². The van der Waals surface area contributed by atoms with E-state index < -0.39 is 6.10 Å². The summed E-state index contributed by atoms with van der Waals surface area (Å²) < 4.78 is 13.6. The lowest BCUT2D eigenvalue weighted by Crippen LogP contribution is -2.22. The predicted octanol–water partition coefficient (Wildman–Crippen LogP) is 2.01. The Bertz CT molecular complexity index is 434. The highest BCUT2D eigenvalue weighted by Crippen LogP contribution is 2.32. The van der Waals surface area contributed by atoms with Crippen LogP contribution >= 0.6 is 0 Å². The van der Waals surface area contributed by atoms with Gasteiger partial charge in [0.1, 0.15) is 5.82 Å². The second-order valence-corrected chi connectivity index (χ2v) is 5.12. The molecule has 1 fully saturated rings. The summed E-state index contributed by atoms with van der Waals surface area (Å²) in [5.74, 6) is -0.00948. The highest BCUT2D eigenvalue weighted by Gasteiger charge is 2.25. The lowest BCUT2D eigenvalue weighted by molar-refractivity contribution is 0.199. The number of aliphatic hydroxyl groups excluding tert-OH is 2. The molecular formula is C14H20FNO2. The van der Waals surface area contributed by atoms with Crippen LogP contribution in [0.15, 0.2) is 12.1 Å². The topological polar surface area (TPSA) is 43.7 Å². The molecule has 2 N–H and O–H groups in total. The van der Waals surface area contributed by atoms with Crippen LogP contribution in [-0.2, 0) is 0 Å². The van der Waals surface area contributed by atoms with Crippen molar-refractivity contribution in [1.29, 1.82) is 0 Å². The highest BCUT2D eigenvalue weighted by atomic mass is 19.1. The van der Waals surface area contributed by atoms with Crippen LogP contribution in [0.2, 0.25) is 0 Å². The molecule has 0 spiro atoms. The highest BCUT2D eigenvalue weighted by molar-refractivity contribution is 5.57. The maximum atomic E-state index is 13.6. The molecular weight excluding hydrogens is 233 g/mol. The Morgan fingerprint density at radius 1 is 1.50 bits per heavy atom. The Hall–Kier alpha value is -1.13. The van der Waals surface area contributed by atoms with Gasteiger partial charge in [0.25, 0.3) is 0 Å². The molecule has 0 amide bonds. The van der Waals surface area contributed by atoms with Gasteiger partial charge < -0.3 is 15.1 Å². The monoisotopic (exact) mass is 253 g/mol. The van der Waals surface area contributed by atoms with Gasteiger partial charge >= 0.3 is 0 Å². The van der Waals surface area contributed by atoms with E-state index in [1.54, 1.807) is 19.9 Å². The number of aryl methyl sites for hydroxylation is 1. The Balaban J connectivity index is 2.34. The van der Waals surface area contributed by atoms with Crippen LogP contribution in [0.4, 0.5) is 10.1 Å². The molecule has 0 bridgehead atoms. The molecule has 4 heteroatoms. The molecule has 1 heterocycles. The first-order valence-corrected chi connectivity index (χ1v) is 6.36. The lowest BCUT2D eigenvalue weighted by Gasteiger charge is -2.24. The van der Waals surface area contributed by atoms with Crippen molar-refractivity contribution < 1.29 is 14.6 Å². The van der Waals surface area contributed by atoms with Crippen LogP contribution < -0.4 is 4.90 Å². The van der Waals surface area contributed by atoms with Gasteiger partial charge in [-0.2, -0.15) is 0 Å². The van der Waals surface area contributed by atoms with Gasteiger partial charge in [-0.1, -0.05) is 0 Å². The largest absolute Gasteiger partial charge is 0.396 e. The van der Waals surface area contributed by atoms with Gasteiger partial charge in [-0.15, -0.1) is 0 Å². The Morgan fingerprint density at radius 3 is 2.78 bits per heavy atom. The minimum absolute atomic E-state index is 0.181. The molecule has 1 saturated heterocycles. The maximum absolute atomic E-state index is 13.6. The quantitative estimate of drug-likeness (QED) is 0.866. The number of rotatable bonds is 3. The third-order valence-electron chi connectivity index (χ3n) is 3.64. The normalized spacial score (nSPS) is 21.4. The van der Waals surface area contributed by atoms with Crippen LogP contribution in [0.25, 0.3) is 0 Å². The van der Waals surface area contributed by atoms with E-state index in [0.717, 1.165) is 25.2 Å². The van der Waals surface area contributed by atoms with E-state index in [4.69, 9.17) is 0 Å². The van der Waals surface area contributed by atoms with Crippen LogP contribution in [0.1, 0.15) is 30.6 Å². The number of halogens is 1. The van der Waals surface area contributed by atoms with E-state index in [1.165, 1.54) is 6.07 Å². The summed E-state index contributed by atoms with van der Waals surface area (Å²) in [5.41, 5.74) is 2.10. The number of hydrogen-bond acceptors (Lipinski definition) is 3. The molecule has 2 rings (SSSR count). The predicted molar refractivity (Wildman–Crippen MR) is 69.2 cm³/mol. The van der Waals surface area contributed by atoms with E-state index in [2.05, 4.69) is 4.90 Å². The Morgan fingerprint density at radius 2 is 2.22 bits per heavy atom. The molecule has 1 aliphatic rings. The molecule has 0 saturated carbocycles. The second-order valence-electron chi connectivity index (χ2n) is 5.12. The summed E-state index contributed by atoms with van der Waals surface area (Å²) in [6, 6.07) is 3.21. The average Bonchev–Trinajstić information content (AvgIpc) is 2.80. The van der Waals surface area contributed by atoms with Crippen molar-refractivity contribution in [1.82, 2.24) is 0 Å². The second kappa shape index (κ2) is 5.24. The van der Waals surface area contributed by atoms with E-state index in [9.17, 15) is 14.6 Å². The van der Waals surface area contributed by atoms with Crippen molar-refractivity contribution in [3.05, 3.63) is 29.1 Å². The molecule has 3 nitrogen and oxygen atoms in total. The number of hydrogen-bond donors (Lipinski definition) is 2. The van der Waals surface area contributed by atoms with Gasteiger partial charge in [0.05, 0.1) is 6.10 Å². The van der Waals surface area contributed by atoms with Crippen molar-refractivity contribution in [2.45, 2.75) is 26.4 Å². The molecule has 1 unspecified atom stereocenters. The van der Waals surface area contributed by atoms with Crippen molar-refractivity contribution in [3.63, 3.8) is 0 Å². The molecule has 0 aromatic heterocycles. The van der Waals surface area contributed by atoms with E-state index >= 15 is 0 Å². The van der Waals surface area contributed by atoms with Crippen LogP contribution in [-0.4, -0.2) is 29.9 Å². The molecule has 1 aromatic carbocycles. The fraction of sp³-hybridized carbons (Fsp3) is 0.571. The minimum Gasteiger partial charge on any atom is -0.396 e. The zero-order valence-corrected chi connectivity index (χ0v) is 10.9.